The van der Waals surface area contributed by atoms with Crippen LogP contribution in [0.2, 0.25) is 0 Å². The molecule has 0 bridgehead atoms. The number of carbonyl (C=O) groups excluding carboxylic acids is 1. The fourth-order valence-corrected chi connectivity index (χ4v) is 2.76. The first-order chi connectivity index (χ1) is 15.8. The van der Waals surface area contributed by atoms with Crippen LogP contribution in [0.4, 0.5) is 16.2 Å². The maximum atomic E-state index is 11.6. The van der Waals surface area contributed by atoms with Crippen molar-refractivity contribution in [1.82, 2.24) is 10.3 Å². The number of aromatic nitrogens is 1. The fraction of sp³-hybridized carbons (Fsp3) is 0.385. The first-order valence-electron chi connectivity index (χ1n) is 11.2. The van der Waals surface area contributed by atoms with Crippen molar-refractivity contribution in [3.05, 3.63) is 66.4 Å². The molecule has 0 aliphatic carbocycles. The molecule has 1 heterocycles. The third-order valence-corrected chi connectivity index (χ3v) is 4.05. The van der Waals surface area contributed by atoms with Crippen molar-refractivity contribution < 1.29 is 14.3 Å². The van der Waals surface area contributed by atoms with Crippen LogP contribution < -0.4 is 16.4 Å². The molecule has 1 aromatic heterocycles. The van der Waals surface area contributed by atoms with E-state index in [9.17, 15) is 4.79 Å². The monoisotopic (exact) mass is 454 g/mol. The number of nitrogens with one attached hydrogen (secondary N) is 2. The molecule has 7 nitrogen and oxygen atoms in total. The molecule has 4 N–H and O–H groups in total. The number of benzene rings is 2. The van der Waals surface area contributed by atoms with Crippen LogP contribution in [-0.4, -0.2) is 36.9 Å². The number of ether oxygens (including phenoxy) is 2. The smallest absolute Gasteiger partial charge is 0.407 e. The minimum absolute atomic E-state index is 0.429. The molecule has 0 saturated heterocycles. The number of nitrogens with two attached hydrogens (primary N) is 1. The Hall–Kier alpha value is -3.32. The molecule has 0 radical (unpaired) electrons. The standard InChI is InChI=1S/C16H22N4O2.C8H10O.C2H6/c1-16(2,3)22-15(21)19-9-8-18-14-11-6-4-5-7-13(11)20-10-12(14)17;1-9-7-8-5-3-2-4-6-8;1-2/h4-7,10H,8-9,17H2,1-3H3,(H,18,20)(H,19,21);2-6H,7H2,1H3;1-2H3. The van der Waals surface area contributed by atoms with Gasteiger partial charge in [-0.25, -0.2) is 4.79 Å². The maximum absolute atomic E-state index is 11.6. The number of nitrogen functional groups attached to an aromatic ring is 1. The number of amides is 1. The quantitative estimate of drug-likeness (QED) is 0.419. The summed E-state index contributed by atoms with van der Waals surface area (Å²) < 4.78 is 10.1. The van der Waals surface area contributed by atoms with Gasteiger partial charge in [-0.15, -0.1) is 0 Å². The molecule has 3 aromatic rings. The van der Waals surface area contributed by atoms with Gasteiger partial charge in [-0.05, 0) is 32.4 Å². The van der Waals surface area contributed by atoms with Gasteiger partial charge in [0.05, 0.1) is 29.7 Å². The van der Waals surface area contributed by atoms with Gasteiger partial charge in [-0.3, -0.25) is 4.98 Å². The highest BCUT2D eigenvalue weighted by Gasteiger charge is 2.15. The van der Waals surface area contributed by atoms with Crippen molar-refractivity contribution >= 4 is 28.4 Å². The van der Waals surface area contributed by atoms with E-state index < -0.39 is 11.7 Å². The molecule has 33 heavy (non-hydrogen) atoms. The maximum Gasteiger partial charge on any atom is 0.407 e. The summed E-state index contributed by atoms with van der Waals surface area (Å²) in [4.78, 5) is 15.8. The first kappa shape index (κ1) is 27.7. The predicted octanol–water partition coefficient (Wildman–Crippen LogP) is 5.61. The van der Waals surface area contributed by atoms with Gasteiger partial charge in [0.2, 0.25) is 0 Å². The molecule has 0 atom stereocenters. The SMILES string of the molecule is CC.CC(C)(C)OC(=O)NCCNc1c(N)cnc2ccccc12.COCc1ccccc1. The van der Waals surface area contributed by atoms with Gasteiger partial charge in [-0.2, -0.15) is 0 Å². The zero-order valence-corrected chi connectivity index (χ0v) is 20.6. The van der Waals surface area contributed by atoms with Crippen LogP contribution in [0, 0.1) is 0 Å². The second kappa shape index (κ2) is 14.7. The summed E-state index contributed by atoms with van der Waals surface area (Å²) in [5, 5.41) is 6.89. The van der Waals surface area contributed by atoms with Crippen molar-refractivity contribution in [1.29, 1.82) is 0 Å². The lowest BCUT2D eigenvalue weighted by Crippen LogP contribution is -2.35. The normalized spacial score (nSPS) is 10.2. The van der Waals surface area contributed by atoms with E-state index in [1.54, 1.807) is 13.3 Å². The first-order valence-corrected chi connectivity index (χ1v) is 11.2. The largest absolute Gasteiger partial charge is 0.444 e. The molecule has 1 amide bonds. The van der Waals surface area contributed by atoms with Gasteiger partial charge in [0, 0.05) is 25.6 Å². The Morgan fingerprint density at radius 1 is 1.00 bits per heavy atom. The molecular formula is C26H38N4O3. The van der Waals surface area contributed by atoms with Crippen LogP contribution in [0.1, 0.15) is 40.2 Å². The van der Waals surface area contributed by atoms with Gasteiger partial charge in [0.15, 0.2) is 0 Å². The van der Waals surface area contributed by atoms with Crippen LogP contribution in [-0.2, 0) is 16.1 Å². The second-order valence-electron chi connectivity index (χ2n) is 7.88. The molecule has 0 spiro atoms. The zero-order valence-electron chi connectivity index (χ0n) is 20.6. The minimum atomic E-state index is -0.497. The molecule has 7 heteroatoms. The van der Waals surface area contributed by atoms with Gasteiger partial charge in [0.1, 0.15) is 5.60 Å². The van der Waals surface area contributed by atoms with E-state index in [0.717, 1.165) is 16.6 Å². The molecule has 0 fully saturated rings. The van der Waals surface area contributed by atoms with Crippen molar-refractivity contribution in [3.8, 4) is 0 Å². The van der Waals surface area contributed by atoms with Crippen LogP contribution in [0.25, 0.3) is 10.9 Å². The molecule has 3 rings (SSSR count). The van der Waals surface area contributed by atoms with Gasteiger partial charge in [-0.1, -0.05) is 62.4 Å². The summed E-state index contributed by atoms with van der Waals surface area (Å²) in [5.41, 5.74) is 8.98. The highest BCUT2D eigenvalue weighted by molar-refractivity contribution is 5.96. The highest BCUT2D eigenvalue weighted by atomic mass is 16.6. The third-order valence-electron chi connectivity index (χ3n) is 4.05. The summed E-state index contributed by atoms with van der Waals surface area (Å²) in [6.45, 7) is 11.2. The highest BCUT2D eigenvalue weighted by Crippen LogP contribution is 2.27. The minimum Gasteiger partial charge on any atom is -0.444 e. The van der Waals surface area contributed by atoms with E-state index >= 15 is 0 Å². The lowest BCUT2D eigenvalue weighted by Gasteiger charge is -2.20. The Labute approximate surface area is 197 Å². The number of anilines is 2. The van der Waals surface area contributed by atoms with Crippen LogP contribution in [0.5, 0.6) is 0 Å². The summed E-state index contributed by atoms with van der Waals surface area (Å²) in [7, 11) is 1.70. The molecular weight excluding hydrogens is 416 g/mol. The average molecular weight is 455 g/mol. The molecule has 180 valence electrons. The number of hydrogen-bond donors (Lipinski definition) is 3. The number of rotatable bonds is 6. The number of carbonyl (C=O) groups is 1. The van der Waals surface area contributed by atoms with Crippen molar-refractivity contribution in [2.24, 2.45) is 0 Å². The van der Waals surface area contributed by atoms with Crippen LogP contribution in [0.15, 0.2) is 60.8 Å². The fourth-order valence-electron chi connectivity index (χ4n) is 2.76. The third kappa shape index (κ3) is 10.7. The summed E-state index contributed by atoms with van der Waals surface area (Å²) in [6.07, 6.45) is 1.20. The molecule has 0 aliphatic heterocycles. The van der Waals surface area contributed by atoms with Crippen LogP contribution in [0.3, 0.4) is 0 Å². The van der Waals surface area contributed by atoms with E-state index in [0.29, 0.717) is 25.4 Å². The van der Waals surface area contributed by atoms with Crippen molar-refractivity contribution in [3.63, 3.8) is 0 Å². The lowest BCUT2D eigenvalue weighted by molar-refractivity contribution is 0.0530. The molecule has 2 aromatic carbocycles. The Bertz CT molecular complexity index is 957. The lowest BCUT2D eigenvalue weighted by atomic mass is 10.1. The van der Waals surface area contributed by atoms with Gasteiger partial charge < -0.3 is 25.8 Å². The van der Waals surface area contributed by atoms with E-state index in [4.69, 9.17) is 15.2 Å². The van der Waals surface area contributed by atoms with E-state index in [1.807, 2.05) is 89.2 Å². The number of fused-ring (bicyclic) bond motifs is 1. The Kier molecular flexibility index (Phi) is 12.3. The number of methoxy groups -OCH3 is 1. The number of alkyl carbamates (subject to hydrolysis) is 1. The Morgan fingerprint density at radius 2 is 1.64 bits per heavy atom. The zero-order chi connectivity index (χ0) is 24.7. The number of hydrogen-bond acceptors (Lipinski definition) is 6. The molecule has 0 saturated carbocycles. The van der Waals surface area contributed by atoms with Crippen LogP contribution >= 0.6 is 0 Å². The van der Waals surface area contributed by atoms with E-state index in [-0.39, 0.29) is 0 Å². The van der Waals surface area contributed by atoms with Gasteiger partial charge >= 0.3 is 6.09 Å². The number of para-hydroxylation sites is 1. The Balaban J connectivity index is 0.000000412. The topological polar surface area (TPSA) is 98.5 Å². The van der Waals surface area contributed by atoms with Gasteiger partial charge in [0.25, 0.3) is 0 Å². The van der Waals surface area contributed by atoms with E-state index in [2.05, 4.69) is 15.6 Å². The summed E-state index contributed by atoms with van der Waals surface area (Å²) >= 11 is 0. The second-order valence-corrected chi connectivity index (χ2v) is 7.88. The molecule has 0 aliphatic rings. The predicted molar refractivity (Wildman–Crippen MR) is 137 cm³/mol. The molecule has 0 unspecified atom stereocenters. The Morgan fingerprint density at radius 3 is 2.27 bits per heavy atom. The summed E-state index contributed by atoms with van der Waals surface area (Å²) in [6, 6.07) is 17.9. The van der Waals surface area contributed by atoms with Crippen molar-refractivity contribution in [2.45, 2.75) is 46.8 Å². The average Bonchev–Trinajstić information content (AvgIpc) is 2.79. The summed E-state index contributed by atoms with van der Waals surface area (Å²) in [5.74, 6) is 0. The number of pyridine rings is 1. The number of nitrogens with zero attached hydrogens (tertiary/aromatic N) is 1. The van der Waals surface area contributed by atoms with Crippen molar-refractivity contribution in [2.75, 3.05) is 31.2 Å². The van der Waals surface area contributed by atoms with E-state index in [1.165, 1.54) is 5.56 Å².